The molecule has 0 radical (unpaired) electrons. The Balaban J connectivity index is 1.61. The summed E-state index contributed by atoms with van der Waals surface area (Å²) >= 11 is 0. The molecule has 1 saturated heterocycles. The highest BCUT2D eigenvalue weighted by Crippen LogP contribution is 2.17. The molecule has 2 nitrogen and oxygen atoms in total. The summed E-state index contributed by atoms with van der Waals surface area (Å²) in [6.45, 7) is 11.7. The van der Waals surface area contributed by atoms with Gasteiger partial charge in [0.05, 0.1) is 0 Å². The maximum Gasteiger partial charge on any atom is 0.00966 e. The summed E-state index contributed by atoms with van der Waals surface area (Å²) in [5, 5.41) is 3.64. The van der Waals surface area contributed by atoms with E-state index in [1.807, 2.05) is 0 Å². The van der Waals surface area contributed by atoms with Crippen LogP contribution in [0.1, 0.15) is 39.2 Å². The first-order valence-electron chi connectivity index (χ1n) is 8.04. The van der Waals surface area contributed by atoms with E-state index in [-0.39, 0.29) is 5.54 Å². The number of hydrogen-bond donors (Lipinski definition) is 1. The molecule has 0 spiro atoms. The molecule has 1 atom stereocenters. The van der Waals surface area contributed by atoms with Gasteiger partial charge in [-0.2, -0.15) is 0 Å². The van der Waals surface area contributed by atoms with Gasteiger partial charge in [0.15, 0.2) is 0 Å². The number of rotatable bonds is 6. The lowest BCUT2D eigenvalue weighted by Gasteiger charge is -2.23. The van der Waals surface area contributed by atoms with Gasteiger partial charge in [-0.1, -0.05) is 30.3 Å². The van der Waals surface area contributed by atoms with Crippen LogP contribution < -0.4 is 5.32 Å². The first-order chi connectivity index (χ1) is 9.53. The van der Waals surface area contributed by atoms with Crippen LogP contribution >= 0.6 is 0 Å². The molecule has 2 heteroatoms. The van der Waals surface area contributed by atoms with Crippen molar-refractivity contribution >= 4 is 0 Å². The summed E-state index contributed by atoms with van der Waals surface area (Å²) in [6.07, 6.45) is 3.85. The van der Waals surface area contributed by atoms with E-state index in [1.165, 1.54) is 51.0 Å². The number of hydrogen-bond acceptors (Lipinski definition) is 2. The average molecular weight is 274 g/mol. The summed E-state index contributed by atoms with van der Waals surface area (Å²) in [5.74, 6) is 0.839. The SMILES string of the molecule is CC(C)(C)NCC1CCN(CCCc2ccccc2)C1. The first kappa shape index (κ1) is 15.5. The van der Waals surface area contributed by atoms with E-state index in [4.69, 9.17) is 0 Å². The van der Waals surface area contributed by atoms with Crippen LogP contribution in [-0.2, 0) is 6.42 Å². The summed E-state index contributed by atoms with van der Waals surface area (Å²) in [7, 11) is 0. The van der Waals surface area contributed by atoms with Crippen molar-refractivity contribution in [2.45, 2.75) is 45.6 Å². The third-order valence-electron chi connectivity index (χ3n) is 4.07. The molecule has 1 aromatic carbocycles. The molecule has 1 N–H and O–H groups in total. The van der Waals surface area contributed by atoms with E-state index in [1.54, 1.807) is 0 Å². The highest BCUT2D eigenvalue weighted by molar-refractivity contribution is 5.14. The Morgan fingerprint density at radius 1 is 1.20 bits per heavy atom. The zero-order chi connectivity index (χ0) is 14.4. The van der Waals surface area contributed by atoms with Gasteiger partial charge in [-0.05, 0) is 71.1 Å². The molecule has 1 heterocycles. The molecule has 1 aliphatic rings. The van der Waals surface area contributed by atoms with Crippen LogP contribution in [0.5, 0.6) is 0 Å². The fourth-order valence-electron chi connectivity index (χ4n) is 2.88. The van der Waals surface area contributed by atoms with Gasteiger partial charge in [0.25, 0.3) is 0 Å². The van der Waals surface area contributed by atoms with E-state index in [9.17, 15) is 0 Å². The van der Waals surface area contributed by atoms with Crippen molar-refractivity contribution in [3.63, 3.8) is 0 Å². The molecule has 0 saturated carbocycles. The molecule has 112 valence electrons. The van der Waals surface area contributed by atoms with Crippen molar-refractivity contribution in [1.82, 2.24) is 10.2 Å². The van der Waals surface area contributed by atoms with E-state index >= 15 is 0 Å². The van der Waals surface area contributed by atoms with Crippen LogP contribution in [0, 0.1) is 5.92 Å². The van der Waals surface area contributed by atoms with Crippen LogP contribution in [0.15, 0.2) is 30.3 Å². The zero-order valence-corrected chi connectivity index (χ0v) is 13.4. The predicted octanol–water partition coefficient (Wildman–Crippen LogP) is 3.33. The zero-order valence-electron chi connectivity index (χ0n) is 13.4. The highest BCUT2D eigenvalue weighted by atomic mass is 15.1. The molecule has 1 fully saturated rings. The van der Waals surface area contributed by atoms with Crippen molar-refractivity contribution in [1.29, 1.82) is 0 Å². The second-order valence-corrected chi connectivity index (χ2v) is 7.18. The van der Waals surface area contributed by atoms with Crippen molar-refractivity contribution in [3.05, 3.63) is 35.9 Å². The van der Waals surface area contributed by atoms with Crippen molar-refractivity contribution in [3.8, 4) is 0 Å². The highest BCUT2D eigenvalue weighted by Gasteiger charge is 2.23. The second kappa shape index (κ2) is 7.24. The van der Waals surface area contributed by atoms with Gasteiger partial charge >= 0.3 is 0 Å². The molecule has 0 amide bonds. The lowest BCUT2D eigenvalue weighted by atomic mass is 10.1. The number of benzene rings is 1. The fraction of sp³-hybridized carbons (Fsp3) is 0.667. The van der Waals surface area contributed by atoms with Crippen LogP contribution in [0.4, 0.5) is 0 Å². The third kappa shape index (κ3) is 5.64. The number of likely N-dealkylation sites (tertiary alicyclic amines) is 1. The van der Waals surface area contributed by atoms with Gasteiger partial charge in [-0.25, -0.2) is 0 Å². The van der Waals surface area contributed by atoms with Crippen molar-refractivity contribution < 1.29 is 0 Å². The number of nitrogens with zero attached hydrogens (tertiary/aromatic N) is 1. The number of aryl methyl sites for hydroxylation is 1. The molecule has 1 aliphatic heterocycles. The number of nitrogens with one attached hydrogen (secondary N) is 1. The quantitative estimate of drug-likeness (QED) is 0.856. The first-order valence-corrected chi connectivity index (χ1v) is 8.04. The molecule has 1 unspecified atom stereocenters. The molecule has 20 heavy (non-hydrogen) atoms. The van der Waals surface area contributed by atoms with Gasteiger partial charge in [0.2, 0.25) is 0 Å². The molecular weight excluding hydrogens is 244 g/mol. The van der Waals surface area contributed by atoms with Gasteiger partial charge in [0, 0.05) is 12.1 Å². The van der Waals surface area contributed by atoms with Gasteiger partial charge in [-0.3, -0.25) is 0 Å². The molecular formula is C18H30N2. The predicted molar refractivity (Wildman–Crippen MR) is 87.1 cm³/mol. The Morgan fingerprint density at radius 2 is 1.95 bits per heavy atom. The van der Waals surface area contributed by atoms with Crippen LogP contribution in [-0.4, -0.2) is 36.6 Å². The minimum Gasteiger partial charge on any atom is -0.312 e. The van der Waals surface area contributed by atoms with Crippen molar-refractivity contribution in [2.24, 2.45) is 5.92 Å². The van der Waals surface area contributed by atoms with Crippen LogP contribution in [0.25, 0.3) is 0 Å². The van der Waals surface area contributed by atoms with E-state index in [0.717, 1.165) is 5.92 Å². The Morgan fingerprint density at radius 3 is 2.65 bits per heavy atom. The minimum absolute atomic E-state index is 0.251. The Labute approximate surface area is 124 Å². The summed E-state index contributed by atoms with van der Waals surface area (Å²) in [5.41, 5.74) is 1.72. The monoisotopic (exact) mass is 274 g/mol. The summed E-state index contributed by atoms with van der Waals surface area (Å²) < 4.78 is 0. The topological polar surface area (TPSA) is 15.3 Å². The minimum atomic E-state index is 0.251. The van der Waals surface area contributed by atoms with Gasteiger partial charge in [-0.15, -0.1) is 0 Å². The van der Waals surface area contributed by atoms with E-state index in [2.05, 4.69) is 61.3 Å². The smallest absolute Gasteiger partial charge is 0.00966 e. The Kier molecular flexibility index (Phi) is 5.62. The molecule has 2 rings (SSSR count). The third-order valence-corrected chi connectivity index (χ3v) is 4.07. The lowest BCUT2D eigenvalue weighted by molar-refractivity contribution is 0.308. The Hall–Kier alpha value is -0.860. The van der Waals surface area contributed by atoms with Gasteiger partial charge in [0.1, 0.15) is 0 Å². The maximum absolute atomic E-state index is 3.64. The van der Waals surface area contributed by atoms with E-state index in [0.29, 0.717) is 0 Å². The molecule has 1 aromatic rings. The van der Waals surface area contributed by atoms with E-state index < -0.39 is 0 Å². The normalized spacial score (nSPS) is 20.4. The fourth-order valence-corrected chi connectivity index (χ4v) is 2.88. The Bertz CT molecular complexity index is 380. The second-order valence-electron chi connectivity index (χ2n) is 7.18. The maximum atomic E-state index is 3.64. The average Bonchev–Trinajstić information content (AvgIpc) is 2.85. The van der Waals surface area contributed by atoms with Crippen LogP contribution in [0.3, 0.4) is 0 Å². The summed E-state index contributed by atoms with van der Waals surface area (Å²) in [6, 6.07) is 10.8. The molecule has 0 bridgehead atoms. The van der Waals surface area contributed by atoms with Crippen LogP contribution in [0.2, 0.25) is 0 Å². The lowest BCUT2D eigenvalue weighted by Crippen LogP contribution is -2.39. The summed E-state index contributed by atoms with van der Waals surface area (Å²) in [4.78, 5) is 2.64. The van der Waals surface area contributed by atoms with Crippen molar-refractivity contribution in [2.75, 3.05) is 26.2 Å². The standard InChI is InChI=1S/C18H30N2/c1-18(2,3)19-14-17-11-13-20(15-17)12-7-10-16-8-5-4-6-9-16/h4-6,8-9,17,19H,7,10-15H2,1-3H3. The molecule has 0 aromatic heterocycles. The largest absolute Gasteiger partial charge is 0.312 e. The molecule has 0 aliphatic carbocycles. The van der Waals surface area contributed by atoms with Gasteiger partial charge < -0.3 is 10.2 Å².